The molecule has 124 valence electrons. The molecule has 2 rings (SSSR count). The molecule has 0 N–H and O–H groups in total. The number of hydrogen-bond acceptors (Lipinski definition) is 4. The van der Waals surface area contributed by atoms with Crippen LogP contribution in [0.2, 0.25) is 20.1 Å². The maximum absolute atomic E-state index is 6.13. The summed E-state index contributed by atoms with van der Waals surface area (Å²) < 4.78 is 20.9. The Hall–Kier alpha value is -1.04. The molecule has 0 spiro atoms. The Morgan fingerprint density at radius 3 is 1.57 bits per heavy atom. The lowest BCUT2D eigenvalue weighted by Gasteiger charge is -2.13. The molecule has 0 radical (unpaired) electrons. The average Bonchev–Trinajstić information content (AvgIpc) is 2.46. The van der Waals surface area contributed by atoms with Crippen LogP contribution in [-0.2, 0) is 4.74 Å². The fourth-order valence-electron chi connectivity index (χ4n) is 1.78. The lowest BCUT2D eigenvalue weighted by Crippen LogP contribution is -2.00. The van der Waals surface area contributed by atoms with Crippen LogP contribution in [-0.4, -0.2) is 21.0 Å². The molecule has 0 unspecified atom stereocenters. The Balaban J connectivity index is 2.27. The Morgan fingerprint density at radius 2 is 1.17 bits per heavy atom. The van der Waals surface area contributed by atoms with Gasteiger partial charge in [0.15, 0.2) is 18.3 Å². The van der Waals surface area contributed by atoms with E-state index >= 15 is 0 Å². The van der Waals surface area contributed by atoms with Gasteiger partial charge in [0.2, 0.25) is 0 Å². The summed E-state index contributed by atoms with van der Waals surface area (Å²) in [4.78, 5) is 0. The molecule has 8 heteroatoms. The van der Waals surface area contributed by atoms with Gasteiger partial charge in [0, 0.05) is 31.4 Å². The number of rotatable bonds is 6. The van der Waals surface area contributed by atoms with Crippen LogP contribution < -0.4 is 14.2 Å². The SMILES string of the molecule is COCOc1c(Cl)cc(Oc2cc(Cl)c(OC)c(Cl)c2)cc1Cl. The first kappa shape index (κ1) is 18.3. The van der Waals surface area contributed by atoms with E-state index < -0.39 is 0 Å². The molecule has 0 bridgehead atoms. The van der Waals surface area contributed by atoms with E-state index in [1.54, 1.807) is 24.3 Å². The van der Waals surface area contributed by atoms with E-state index in [4.69, 9.17) is 65.4 Å². The monoisotopic (exact) mass is 396 g/mol. The highest BCUT2D eigenvalue weighted by Crippen LogP contribution is 2.41. The van der Waals surface area contributed by atoms with Crippen LogP contribution in [0.25, 0.3) is 0 Å². The fourth-order valence-corrected chi connectivity index (χ4v) is 2.98. The minimum Gasteiger partial charge on any atom is -0.494 e. The first-order valence-corrected chi connectivity index (χ1v) is 7.79. The largest absolute Gasteiger partial charge is 0.494 e. The van der Waals surface area contributed by atoms with Crippen LogP contribution in [0, 0.1) is 0 Å². The van der Waals surface area contributed by atoms with E-state index in [0.29, 0.717) is 33.0 Å². The minimum atomic E-state index is 0.0311. The van der Waals surface area contributed by atoms with Crippen molar-refractivity contribution in [2.24, 2.45) is 0 Å². The summed E-state index contributed by atoms with van der Waals surface area (Å²) >= 11 is 24.4. The number of ether oxygens (including phenoxy) is 4. The third-order valence-corrected chi connectivity index (χ3v) is 3.83. The highest BCUT2D eigenvalue weighted by atomic mass is 35.5. The van der Waals surface area contributed by atoms with Crippen molar-refractivity contribution in [1.29, 1.82) is 0 Å². The Bertz CT molecular complexity index is 660. The van der Waals surface area contributed by atoms with Gasteiger partial charge < -0.3 is 18.9 Å². The molecule has 4 nitrogen and oxygen atoms in total. The zero-order chi connectivity index (χ0) is 17.0. The topological polar surface area (TPSA) is 36.9 Å². The molecule has 0 atom stereocenters. The molecule has 0 amide bonds. The highest BCUT2D eigenvalue weighted by molar-refractivity contribution is 6.38. The summed E-state index contributed by atoms with van der Waals surface area (Å²) in [6.07, 6.45) is 0. The third-order valence-electron chi connectivity index (χ3n) is 2.70. The molecular weight excluding hydrogens is 386 g/mol. The van der Waals surface area contributed by atoms with Crippen molar-refractivity contribution in [3.05, 3.63) is 44.4 Å². The molecule has 2 aromatic carbocycles. The predicted octanol–water partition coefficient (Wildman–Crippen LogP) is 6.08. The summed E-state index contributed by atoms with van der Waals surface area (Å²) in [7, 11) is 2.97. The molecule has 0 aliphatic carbocycles. The van der Waals surface area contributed by atoms with Gasteiger partial charge >= 0.3 is 0 Å². The summed E-state index contributed by atoms with van der Waals surface area (Å²) in [5.41, 5.74) is 0. The van der Waals surface area contributed by atoms with Crippen LogP contribution in [0.5, 0.6) is 23.0 Å². The third kappa shape index (κ3) is 4.49. The number of methoxy groups -OCH3 is 2. The molecule has 0 heterocycles. The minimum absolute atomic E-state index is 0.0311. The Kier molecular flexibility index (Phi) is 6.50. The maximum Gasteiger partial charge on any atom is 0.188 e. The zero-order valence-corrected chi connectivity index (χ0v) is 15.2. The van der Waals surface area contributed by atoms with Gasteiger partial charge in [-0.05, 0) is 0 Å². The summed E-state index contributed by atoms with van der Waals surface area (Å²) in [5.74, 6) is 1.51. The summed E-state index contributed by atoms with van der Waals surface area (Å²) in [6, 6.07) is 6.27. The predicted molar refractivity (Wildman–Crippen MR) is 92.1 cm³/mol. The van der Waals surface area contributed by atoms with Crippen molar-refractivity contribution in [1.82, 2.24) is 0 Å². The summed E-state index contributed by atoms with van der Waals surface area (Å²) in [5, 5.41) is 1.23. The normalized spacial score (nSPS) is 10.5. The standard InChI is InChI=1S/C15H12Cl4O4/c1-20-7-22-15-12(18)5-9(6-13(15)19)23-8-3-10(16)14(21-2)11(17)4-8/h3-6H,7H2,1-2H3. The van der Waals surface area contributed by atoms with Crippen LogP contribution in [0.15, 0.2) is 24.3 Å². The van der Waals surface area contributed by atoms with E-state index in [2.05, 4.69) is 0 Å². The quantitative estimate of drug-likeness (QED) is 0.553. The van der Waals surface area contributed by atoms with Crippen LogP contribution in [0.1, 0.15) is 0 Å². The van der Waals surface area contributed by atoms with Crippen molar-refractivity contribution in [3.8, 4) is 23.0 Å². The number of hydrogen-bond donors (Lipinski definition) is 0. The van der Waals surface area contributed by atoms with Gasteiger partial charge in [0.05, 0.1) is 27.2 Å². The molecule has 0 aliphatic heterocycles. The smallest absolute Gasteiger partial charge is 0.188 e. The van der Waals surface area contributed by atoms with Gasteiger partial charge in [-0.1, -0.05) is 46.4 Å². The van der Waals surface area contributed by atoms with Crippen molar-refractivity contribution >= 4 is 46.4 Å². The summed E-state index contributed by atoms with van der Waals surface area (Å²) in [6.45, 7) is 0.0311. The average molecular weight is 398 g/mol. The molecule has 0 aromatic heterocycles. The lowest BCUT2D eigenvalue weighted by atomic mass is 10.3. The van der Waals surface area contributed by atoms with Crippen molar-refractivity contribution < 1.29 is 18.9 Å². The number of halogens is 4. The second-order valence-corrected chi connectivity index (χ2v) is 5.92. The van der Waals surface area contributed by atoms with Crippen molar-refractivity contribution in [2.45, 2.75) is 0 Å². The van der Waals surface area contributed by atoms with Gasteiger partial charge in [0.25, 0.3) is 0 Å². The fraction of sp³-hybridized carbons (Fsp3) is 0.200. The molecule has 0 saturated carbocycles. The molecule has 0 aliphatic rings. The van der Waals surface area contributed by atoms with E-state index in [1.807, 2.05) is 0 Å². The maximum atomic E-state index is 6.13. The van der Waals surface area contributed by atoms with Gasteiger partial charge in [-0.2, -0.15) is 0 Å². The first-order valence-electron chi connectivity index (χ1n) is 6.28. The second kappa shape index (κ2) is 8.18. The Labute approximate surface area is 153 Å². The van der Waals surface area contributed by atoms with E-state index in [1.165, 1.54) is 14.2 Å². The van der Waals surface area contributed by atoms with Gasteiger partial charge in [-0.15, -0.1) is 0 Å². The zero-order valence-electron chi connectivity index (χ0n) is 12.2. The number of benzene rings is 2. The van der Waals surface area contributed by atoms with Gasteiger partial charge in [-0.25, -0.2) is 0 Å². The highest BCUT2D eigenvalue weighted by Gasteiger charge is 2.13. The lowest BCUT2D eigenvalue weighted by molar-refractivity contribution is 0.0512. The Morgan fingerprint density at radius 1 is 0.739 bits per heavy atom. The van der Waals surface area contributed by atoms with E-state index in [9.17, 15) is 0 Å². The van der Waals surface area contributed by atoms with E-state index in [0.717, 1.165) is 0 Å². The molecular formula is C15H12Cl4O4. The molecule has 2 aromatic rings. The first-order chi connectivity index (χ1) is 11.0. The molecule has 0 fully saturated rings. The van der Waals surface area contributed by atoms with E-state index in [-0.39, 0.29) is 16.8 Å². The molecule has 0 saturated heterocycles. The van der Waals surface area contributed by atoms with Crippen molar-refractivity contribution in [2.75, 3.05) is 21.0 Å². The second-order valence-electron chi connectivity index (χ2n) is 4.29. The van der Waals surface area contributed by atoms with Crippen LogP contribution >= 0.6 is 46.4 Å². The van der Waals surface area contributed by atoms with Crippen molar-refractivity contribution in [3.63, 3.8) is 0 Å². The van der Waals surface area contributed by atoms with Gasteiger partial charge in [-0.3, -0.25) is 0 Å². The van der Waals surface area contributed by atoms with Crippen LogP contribution in [0.3, 0.4) is 0 Å². The van der Waals surface area contributed by atoms with Crippen LogP contribution in [0.4, 0.5) is 0 Å². The molecule has 23 heavy (non-hydrogen) atoms. The van der Waals surface area contributed by atoms with Gasteiger partial charge in [0.1, 0.15) is 11.5 Å².